The maximum atomic E-state index is 9.68. The Morgan fingerprint density at radius 2 is 2.67 bits per heavy atom. The molecule has 0 aliphatic carbocycles. The van der Waals surface area contributed by atoms with Crippen LogP contribution >= 0.6 is 0 Å². The van der Waals surface area contributed by atoms with Crippen LogP contribution in [0.25, 0.3) is 0 Å². The van der Waals surface area contributed by atoms with Gasteiger partial charge in [-0.05, 0) is 0 Å². The van der Waals surface area contributed by atoms with E-state index >= 15 is 0 Å². The number of imidazole rings is 1. The molecule has 0 aliphatic heterocycles. The minimum absolute atomic E-state index is 0.310. The fourth-order valence-corrected chi connectivity index (χ4v) is 0.452. The third-order valence-electron chi connectivity index (χ3n) is 0.838. The average Bonchev–Trinajstić information content (AvgIpc) is 2.18. The first kappa shape index (κ1) is 5.61. The van der Waals surface area contributed by atoms with Gasteiger partial charge < -0.3 is 10.7 Å². The summed E-state index contributed by atoms with van der Waals surface area (Å²) in [4.78, 5) is 15.9. The lowest BCUT2D eigenvalue weighted by atomic mass is 10.7. The van der Waals surface area contributed by atoms with Crippen LogP contribution in [0, 0.1) is 0 Å². The fraction of sp³-hybridized carbons (Fsp3) is 0. The van der Waals surface area contributed by atoms with Gasteiger partial charge in [0.1, 0.15) is 5.82 Å². The molecule has 1 heterocycles. The quantitative estimate of drug-likeness (QED) is 0.464. The molecule has 0 fully saturated rings. The normalized spacial score (nSPS) is 8.89. The summed E-state index contributed by atoms with van der Waals surface area (Å²) in [5.74, 6) is 0.642. The molecule has 1 aromatic heterocycles. The molecular formula is C4H5N4O. The largest absolute Gasteiger partial charge is 0.382 e. The summed E-state index contributed by atoms with van der Waals surface area (Å²) in [5, 5.41) is 2.18. The molecular weight excluding hydrogens is 120 g/mol. The van der Waals surface area contributed by atoms with Gasteiger partial charge in [-0.15, -0.1) is 0 Å². The van der Waals surface area contributed by atoms with Gasteiger partial charge in [0.25, 0.3) is 0 Å². The average molecular weight is 125 g/mol. The Morgan fingerprint density at radius 3 is 3.11 bits per heavy atom. The van der Waals surface area contributed by atoms with E-state index in [4.69, 9.17) is 5.73 Å². The molecule has 4 N–H and O–H groups in total. The zero-order valence-corrected chi connectivity index (χ0v) is 4.51. The van der Waals surface area contributed by atoms with Gasteiger partial charge in [0.05, 0.1) is 6.33 Å². The maximum absolute atomic E-state index is 9.68. The second-order valence-electron chi connectivity index (χ2n) is 1.39. The van der Waals surface area contributed by atoms with E-state index in [-0.39, 0.29) is 0 Å². The maximum Gasteiger partial charge on any atom is 0.315 e. The van der Waals surface area contributed by atoms with Crippen molar-refractivity contribution in [2.75, 3.05) is 11.1 Å². The van der Waals surface area contributed by atoms with Crippen LogP contribution < -0.4 is 11.1 Å². The molecule has 1 radical (unpaired) electrons. The summed E-state index contributed by atoms with van der Waals surface area (Å²) in [6, 6.07) is 0. The molecule has 1 aromatic rings. The summed E-state index contributed by atoms with van der Waals surface area (Å²) in [7, 11) is 0. The van der Waals surface area contributed by atoms with E-state index in [1.807, 2.05) is 0 Å². The smallest absolute Gasteiger partial charge is 0.315 e. The van der Waals surface area contributed by atoms with E-state index in [1.165, 1.54) is 12.7 Å². The van der Waals surface area contributed by atoms with E-state index in [2.05, 4.69) is 15.3 Å². The summed E-state index contributed by atoms with van der Waals surface area (Å²) in [6.07, 6.45) is 2.83. The topological polar surface area (TPSA) is 83.8 Å². The summed E-state index contributed by atoms with van der Waals surface area (Å²) >= 11 is 0. The Kier molecular flexibility index (Phi) is 1.35. The highest BCUT2D eigenvalue weighted by Crippen LogP contribution is 2.07. The van der Waals surface area contributed by atoms with Crippen molar-refractivity contribution in [1.29, 1.82) is 0 Å². The van der Waals surface area contributed by atoms with Crippen molar-refractivity contribution >= 4 is 18.0 Å². The van der Waals surface area contributed by atoms with Crippen LogP contribution in [0.1, 0.15) is 0 Å². The monoisotopic (exact) mass is 125 g/mol. The minimum atomic E-state index is 0.310. The second kappa shape index (κ2) is 2.17. The third kappa shape index (κ3) is 0.987. The molecule has 5 heteroatoms. The van der Waals surface area contributed by atoms with Gasteiger partial charge in [0, 0.05) is 0 Å². The number of hydrogen-bond acceptors (Lipinski definition) is 3. The highest BCUT2D eigenvalue weighted by atomic mass is 16.1. The SMILES string of the molecule is Nc1[nH]cnc1N[C]=O. The van der Waals surface area contributed by atoms with E-state index in [0.717, 1.165) is 0 Å². The van der Waals surface area contributed by atoms with Crippen molar-refractivity contribution in [3.8, 4) is 0 Å². The second-order valence-corrected chi connectivity index (χ2v) is 1.39. The Balaban J connectivity index is 2.80. The number of carbonyl (C=O) groups excluding carboxylic acids is 1. The highest BCUT2D eigenvalue weighted by molar-refractivity contribution is 5.75. The molecule has 1 amide bonds. The zero-order chi connectivity index (χ0) is 6.69. The number of amides is 1. The van der Waals surface area contributed by atoms with Gasteiger partial charge in [0.15, 0.2) is 5.82 Å². The molecule has 0 spiro atoms. The minimum Gasteiger partial charge on any atom is -0.382 e. The zero-order valence-electron chi connectivity index (χ0n) is 4.51. The highest BCUT2D eigenvalue weighted by Gasteiger charge is 1.96. The van der Waals surface area contributed by atoms with E-state index in [1.54, 1.807) is 0 Å². The Hall–Kier alpha value is -1.52. The number of aromatic nitrogens is 2. The number of nitrogens with one attached hydrogen (secondary N) is 2. The van der Waals surface area contributed by atoms with Crippen LogP contribution in [-0.4, -0.2) is 16.4 Å². The lowest BCUT2D eigenvalue weighted by Crippen LogP contribution is -1.97. The van der Waals surface area contributed by atoms with Crippen molar-refractivity contribution < 1.29 is 4.79 Å². The molecule has 9 heavy (non-hydrogen) atoms. The summed E-state index contributed by atoms with van der Waals surface area (Å²) in [6.45, 7) is 0. The molecule has 47 valence electrons. The third-order valence-corrected chi connectivity index (χ3v) is 0.838. The molecule has 1 rings (SSSR count). The van der Waals surface area contributed by atoms with Crippen LogP contribution in [0.3, 0.4) is 0 Å². The van der Waals surface area contributed by atoms with Gasteiger partial charge in [-0.25, -0.2) is 4.98 Å². The van der Waals surface area contributed by atoms with Crippen molar-refractivity contribution in [3.63, 3.8) is 0 Å². The van der Waals surface area contributed by atoms with Crippen LogP contribution in [0.5, 0.6) is 0 Å². The molecule has 0 aliphatic rings. The van der Waals surface area contributed by atoms with Gasteiger partial charge in [-0.3, -0.25) is 10.1 Å². The van der Waals surface area contributed by atoms with Crippen LogP contribution in [-0.2, 0) is 4.79 Å². The van der Waals surface area contributed by atoms with Crippen LogP contribution in [0.2, 0.25) is 0 Å². The Bertz CT molecular complexity index is 206. The number of nitrogens with zero attached hydrogens (tertiary/aromatic N) is 1. The molecule has 0 aromatic carbocycles. The van der Waals surface area contributed by atoms with Crippen molar-refractivity contribution in [1.82, 2.24) is 9.97 Å². The van der Waals surface area contributed by atoms with Gasteiger partial charge >= 0.3 is 6.41 Å². The predicted octanol–water partition coefficient (Wildman–Crippen LogP) is -0.529. The standard InChI is InChI=1S/C4H5N4O/c5-3-4(8-2-9)7-1-6-3/h1H,5H2,(H,6,7)(H,8,9). The van der Waals surface area contributed by atoms with E-state index in [9.17, 15) is 4.79 Å². The van der Waals surface area contributed by atoms with E-state index in [0.29, 0.717) is 11.6 Å². The van der Waals surface area contributed by atoms with Gasteiger partial charge in [-0.2, -0.15) is 0 Å². The predicted molar refractivity (Wildman–Crippen MR) is 32.3 cm³/mol. The lowest BCUT2D eigenvalue weighted by Gasteiger charge is -1.88. The first-order valence-electron chi connectivity index (χ1n) is 2.26. The lowest BCUT2D eigenvalue weighted by molar-refractivity contribution is 0.561. The molecule has 0 unspecified atom stereocenters. The van der Waals surface area contributed by atoms with Gasteiger partial charge in [-0.1, -0.05) is 0 Å². The number of rotatable bonds is 2. The molecule has 0 saturated carbocycles. The molecule has 0 bridgehead atoms. The van der Waals surface area contributed by atoms with Crippen LogP contribution in [0.4, 0.5) is 11.6 Å². The number of anilines is 2. The number of nitrogens with two attached hydrogens (primary N) is 1. The van der Waals surface area contributed by atoms with Crippen LogP contribution in [0.15, 0.2) is 6.33 Å². The summed E-state index contributed by atoms with van der Waals surface area (Å²) < 4.78 is 0. The Morgan fingerprint density at radius 1 is 1.89 bits per heavy atom. The van der Waals surface area contributed by atoms with Gasteiger partial charge in [0.2, 0.25) is 0 Å². The first-order chi connectivity index (χ1) is 4.34. The van der Waals surface area contributed by atoms with Crippen molar-refractivity contribution in [3.05, 3.63) is 6.33 Å². The Labute approximate surface area is 51.3 Å². The van der Waals surface area contributed by atoms with Crippen molar-refractivity contribution in [2.24, 2.45) is 0 Å². The molecule has 0 saturated heterocycles. The number of aromatic amines is 1. The molecule has 0 atom stereocenters. The summed E-state index contributed by atoms with van der Waals surface area (Å²) in [5.41, 5.74) is 5.27. The molecule has 5 nitrogen and oxygen atoms in total. The van der Waals surface area contributed by atoms with Crippen molar-refractivity contribution in [2.45, 2.75) is 0 Å². The van der Waals surface area contributed by atoms with E-state index < -0.39 is 0 Å². The number of hydrogen-bond donors (Lipinski definition) is 3. The number of H-pyrrole nitrogens is 1. The number of nitrogen functional groups attached to an aromatic ring is 1. The first-order valence-corrected chi connectivity index (χ1v) is 2.26. The fourth-order valence-electron chi connectivity index (χ4n) is 0.452.